The monoisotopic (exact) mass is 424 g/mol. The van der Waals surface area contributed by atoms with Gasteiger partial charge in [0.05, 0.1) is 17.0 Å². The first-order chi connectivity index (χ1) is 12.8. The molecule has 0 radical (unpaired) electrons. The van der Waals surface area contributed by atoms with Gasteiger partial charge < -0.3 is 9.64 Å². The Balaban J connectivity index is 1.85. The van der Waals surface area contributed by atoms with Crippen LogP contribution in [0.5, 0.6) is 5.75 Å². The van der Waals surface area contributed by atoms with Crippen molar-refractivity contribution in [1.29, 1.82) is 0 Å². The Bertz CT molecular complexity index is 1050. The standard InChI is InChI=1S/C19H21ClN2O3S2/c1-22(2)17(15-12-26-19-7-5-4-6-14(15)19)11-21-27(23,24)13-8-9-18(25-3)16(20)10-13/h4-10,12,17,21H,11H2,1-3H3. The molecule has 2 aromatic carbocycles. The molecule has 0 amide bonds. The number of likely N-dealkylation sites (N-methyl/N-ethyl adjacent to an activating group) is 1. The van der Waals surface area contributed by atoms with Gasteiger partial charge in [0, 0.05) is 17.3 Å². The van der Waals surface area contributed by atoms with Crippen LogP contribution in [-0.4, -0.2) is 41.1 Å². The molecule has 0 bridgehead atoms. The van der Waals surface area contributed by atoms with E-state index >= 15 is 0 Å². The molecule has 0 saturated heterocycles. The predicted molar refractivity (Wildman–Crippen MR) is 111 cm³/mol. The zero-order chi connectivity index (χ0) is 19.6. The summed E-state index contributed by atoms with van der Waals surface area (Å²) in [6, 6.07) is 12.5. The van der Waals surface area contributed by atoms with Crippen molar-refractivity contribution in [2.75, 3.05) is 27.7 Å². The van der Waals surface area contributed by atoms with Crippen molar-refractivity contribution in [3.05, 3.63) is 58.4 Å². The van der Waals surface area contributed by atoms with Crippen LogP contribution in [0.4, 0.5) is 0 Å². The minimum absolute atomic E-state index is 0.0929. The molecule has 0 aliphatic heterocycles. The number of halogens is 1. The summed E-state index contributed by atoms with van der Waals surface area (Å²) in [5.74, 6) is 0.437. The lowest BCUT2D eigenvalue weighted by atomic mass is 10.1. The Morgan fingerprint density at radius 2 is 1.96 bits per heavy atom. The smallest absolute Gasteiger partial charge is 0.240 e. The van der Waals surface area contributed by atoms with Gasteiger partial charge in [0.25, 0.3) is 0 Å². The molecular formula is C19H21ClN2O3S2. The number of ether oxygens (including phenoxy) is 1. The predicted octanol–water partition coefficient (Wildman–Crippen LogP) is 4.14. The summed E-state index contributed by atoms with van der Waals surface area (Å²) in [7, 11) is 1.67. The Labute approximate surface area is 168 Å². The quantitative estimate of drug-likeness (QED) is 0.619. The molecule has 5 nitrogen and oxygen atoms in total. The maximum Gasteiger partial charge on any atom is 0.240 e. The van der Waals surface area contributed by atoms with E-state index in [0.29, 0.717) is 5.75 Å². The van der Waals surface area contributed by atoms with E-state index in [4.69, 9.17) is 16.3 Å². The third-order valence-electron chi connectivity index (χ3n) is 4.39. The summed E-state index contributed by atoms with van der Waals surface area (Å²) in [5, 5.41) is 3.50. The lowest BCUT2D eigenvalue weighted by Crippen LogP contribution is -2.34. The van der Waals surface area contributed by atoms with Gasteiger partial charge in [-0.05, 0) is 54.7 Å². The van der Waals surface area contributed by atoms with Gasteiger partial charge in [0.15, 0.2) is 0 Å². The summed E-state index contributed by atoms with van der Waals surface area (Å²) in [6.45, 7) is 0.250. The van der Waals surface area contributed by atoms with E-state index in [-0.39, 0.29) is 22.5 Å². The van der Waals surface area contributed by atoms with Crippen LogP contribution in [0.2, 0.25) is 5.02 Å². The van der Waals surface area contributed by atoms with Crippen molar-refractivity contribution in [3.63, 3.8) is 0 Å². The second-order valence-electron chi connectivity index (χ2n) is 6.31. The van der Waals surface area contributed by atoms with Crippen LogP contribution in [0.3, 0.4) is 0 Å². The average Bonchev–Trinajstić information content (AvgIpc) is 3.05. The highest BCUT2D eigenvalue weighted by Gasteiger charge is 2.22. The van der Waals surface area contributed by atoms with Crippen LogP contribution in [-0.2, 0) is 10.0 Å². The van der Waals surface area contributed by atoms with Crippen molar-refractivity contribution in [3.8, 4) is 5.75 Å². The Hall–Kier alpha value is -1.64. The number of methoxy groups -OCH3 is 1. The minimum Gasteiger partial charge on any atom is -0.495 e. The van der Waals surface area contributed by atoms with E-state index in [1.165, 1.54) is 23.9 Å². The summed E-state index contributed by atoms with van der Waals surface area (Å²) < 4.78 is 34.4. The van der Waals surface area contributed by atoms with Crippen LogP contribution < -0.4 is 9.46 Å². The van der Waals surface area contributed by atoms with Gasteiger partial charge in [-0.3, -0.25) is 0 Å². The number of hydrogen-bond donors (Lipinski definition) is 1. The fourth-order valence-corrected chi connectivity index (χ4v) is 5.31. The molecule has 27 heavy (non-hydrogen) atoms. The van der Waals surface area contributed by atoms with Gasteiger partial charge in [0.2, 0.25) is 10.0 Å². The van der Waals surface area contributed by atoms with Crippen molar-refractivity contribution >= 4 is 43.0 Å². The molecule has 0 aliphatic carbocycles. The number of fused-ring (bicyclic) bond motifs is 1. The highest BCUT2D eigenvalue weighted by atomic mass is 35.5. The van der Waals surface area contributed by atoms with Gasteiger partial charge >= 0.3 is 0 Å². The minimum atomic E-state index is -3.69. The molecule has 8 heteroatoms. The van der Waals surface area contributed by atoms with E-state index in [1.807, 2.05) is 31.1 Å². The average molecular weight is 425 g/mol. The van der Waals surface area contributed by atoms with Crippen LogP contribution in [0.1, 0.15) is 11.6 Å². The highest BCUT2D eigenvalue weighted by Crippen LogP contribution is 2.32. The van der Waals surface area contributed by atoms with Crippen molar-refractivity contribution in [2.45, 2.75) is 10.9 Å². The number of nitrogens with zero attached hydrogens (tertiary/aromatic N) is 1. The molecule has 0 spiro atoms. The highest BCUT2D eigenvalue weighted by molar-refractivity contribution is 7.89. The second kappa shape index (κ2) is 8.16. The Morgan fingerprint density at radius 3 is 2.63 bits per heavy atom. The molecule has 1 N–H and O–H groups in total. The number of rotatable bonds is 7. The topological polar surface area (TPSA) is 58.6 Å². The first-order valence-corrected chi connectivity index (χ1v) is 11.0. The second-order valence-corrected chi connectivity index (χ2v) is 9.40. The van der Waals surface area contributed by atoms with Crippen LogP contribution in [0, 0.1) is 0 Å². The maximum absolute atomic E-state index is 12.7. The van der Waals surface area contributed by atoms with Crippen molar-refractivity contribution < 1.29 is 13.2 Å². The summed E-state index contributed by atoms with van der Waals surface area (Å²) in [5.41, 5.74) is 1.11. The first-order valence-electron chi connectivity index (χ1n) is 8.29. The van der Waals surface area contributed by atoms with Crippen LogP contribution >= 0.6 is 22.9 Å². The Kier molecular flexibility index (Phi) is 6.08. The normalized spacial score (nSPS) is 13.2. The molecule has 0 fully saturated rings. The molecule has 1 heterocycles. The molecule has 0 saturated carbocycles. The first kappa shape index (κ1) is 20.1. The van der Waals surface area contributed by atoms with E-state index in [9.17, 15) is 8.42 Å². The third kappa shape index (κ3) is 4.28. The molecule has 0 aliphatic rings. The fourth-order valence-electron chi connectivity index (χ4n) is 2.91. The zero-order valence-corrected chi connectivity index (χ0v) is 17.7. The summed E-state index contributed by atoms with van der Waals surface area (Å²) in [4.78, 5) is 2.12. The van der Waals surface area contributed by atoms with Crippen LogP contribution in [0.25, 0.3) is 10.1 Å². The number of hydrogen-bond acceptors (Lipinski definition) is 5. The largest absolute Gasteiger partial charge is 0.495 e. The van der Waals surface area contributed by atoms with Gasteiger partial charge in [-0.15, -0.1) is 11.3 Å². The molecule has 144 valence electrons. The molecular weight excluding hydrogens is 404 g/mol. The summed E-state index contributed by atoms with van der Waals surface area (Å²) >= 11 is 7.73. The number of nitrogens with one attached hydrogen (secondary N) is 1. The van der Waals surface area contributed by atoms with E-state index in [1.54, 1.807) is 17.4 Å². The fraction of sp³-hybridized carbons (Fsp3) is 0.263. The van der Waals surface area contributed by atoms with Crippen molar-refractivity contribution in [1.82, 2.24) is 9.62 Å². The number of sulfonamides is 1. The molecule has 3 rings (SSSR count). The zero-order valence-electron chi connectivity index (χ0n) is 15.3. The SMILES string of the molecule is COc1ccc(S(=O)(=O)NCC(c2csc3ccccc23)N(C)C)cc1Cl. The van der Waals surface area contributed by atoms with Gasteiger partial charge in [-0.2, -0.15) is 0 Å². The third-order valence-corrected chi connectivity index (χ3v) is 7.09. The molecule has 1 aromatic heterocycles. The van der Waals surface area contributed by atoms with E-state index < -0.39 is 10.0 Å². The molecule has 1 atom stereocenters. The lowest BCUT2D eigenvalue weighted by Gasteiger charge is -2.24. The van der Waals surface area contributed by atoms with E-state index in [0.717, 1.165) is 10.9 Å². The molecule has 1 unspecified atom stereocenters. The number of thiophene rings is 1. The maximum atomic E-state index is 12.7. The molecule has 3 aromatic rings. The van der Waals surface area contributed by atoms with E-state index in [2.05, 4.69) is 22.2 Å². The van der Waals surface area contributed by atoms with Crippen LogP contribution in [0.15, 0.2) is 52.7 Å². The van der Waals surface area contributed by atoms with Gasteiger partial charge in [-0.25, -0.2) is 13.1 Å². The lowest BCUT2D eigenvalue weighted by molar-refractivity contribution is 0.301. The van der Waals surface area contributed by atoms with Gasteiger partial charge in [0.1, 0.15) is 5.75 Å². The summed E-state index contributed by atoms with van der Waals surface area (Å²) in [6.07, 6.45) is 0. The van der Waals surface area contributed by atoms with Gasteiger partial charge in [-0.1, -0.05) is 29.8 Å². The Morgan fingerprint density at radius 1 is 1.22 bits per heavy atom. The number of benzene rings is 2. The van der Waals surface area contributed by atoms with Crippen molar-refractivity contribution in [2.24, 2.45) is 0 Å².